The molecule has 9 nitrogen and oxygen atoms in total. The van der Waals surface area contributed by atoms with Gasteiger partial charge in [-0.1, -0.05) is 42.5 Å². The van der Waals surface area contributed by atoms with E-state index < -0.39 is 24.5 Å². The number of aliphatic imine (C=N–C) groups is 1. The fraction of sp³-hybridized carbons (Fsp3) is 0.414. The minimum Gasteiger partial charge on any atom is -0.388 e. The van der Waals surface area contributed by atoms with Gasteiger partial charge in [0.25, 0.3) is 0 Å². The molecular weight excluding hydrogens is 482 g/mol. The Hall–Kier alpha value is -3.21. The van der Waals surface area contributed by atoms with Gasteiger partial charge in [-0.2, -0.15) is 0 Å². The van der Waals surface area contributed by atoms with Gasteiger partial charge in [0.2, 0.25) is 0 Å². The predicted octanol–water partition coefficient (Wildman–Crippen LogP) is 3.17. The molecule has 0 radical (unpaired) electrons. The number of fused-ring (bicyclic) bond motifs is 1. The third-order valence-electron chi connectivity index (χ3n) is 7.64. The van der Waals surface area contributed by atoms with Crippen LogP contribution in [0, 0.1) is 0 Å². The number of nitrogens with zero attached hydrogens (tertiary/aromatic N) is 4. The molecule has 0 spiro atoms. The molecule has 4 atom stereocenters. The number of aliphatic hydroxyl groups excluding tert-OH is 2. The first-order valence-electron chi connectivity index (χ1n) is 13.3. The largest absolute Gasteiger partial charge is 0.388 e. The third-order valence-corrected chi connectivity index (χ3v) is 7.64. The van der Waals surface area contributed by atoms with E-state index in [2.05, 4.69) is 46.7 Å². The molecule has 0 saturated carbocycles. The lowest BCUT2D eigenvalue weighted by atomic mass is 10.0. The van der Waals surface area contributed by atoms with Crippen LogP contribution in [0.25, 0.3) is 11.1 Å². The van der Waals surface area contributed by atoms with Crippen molar-refractivity contribution in [2.45, 2.75) is 44.4 Å². The summed E-state index contributed by atoms with van der Waals surface area (Å²) in [4.78, 5) is 7.21. The van der Waals surface area contributed by atoms with Crippen molar-refractivity contribution in [2.24, 2.45) is 4.99 Å². The number of aromatic nitrogens is 1. The number of hydrogen-bond donors (Lipinski definition) is 3. The Kier molecular flexibility index (Phi) is 7.18. The molecule has 3 aliphatic rings. The van der Waals surface area contributed by atoms with Crippen molar-refractivity contribution >= 4 is 17.8 Å². The first-order valence-corrected chi connectivity index (χ1v) is 13.3. The molecule has 200 valence electrons. The highest BCUT2D eigenvalue weighted by molar-refractivity contribution is 5.77. The maximum Gasteiger partial charge on any atom is 0.164 e. The highest BCUT2D eigenvalue weighted by Gasteiger charge is 2.42. The molecule has 0 aliphatic carbocycles. The lowest BCUT2D eigenvalue weighted by Gasteiger charge is -2.27. The summed E-state index contributed by atoms with van der Waals surface area (Å²) in [5.74, 6) is 0.728. The van der Waals surface area contributed by atoms with Crippen LogP contribution in [0.15, 0.2) is 65.8 Å². The smallest absolute Gasteiger partial charge is 0.164 e. The second-order valence-electron chi connectivity index (χ2n) is 10.2. The summed E-state index contributed by atoms with van der Waals surface area (Å²) in [5.41, 5.74) is 8.87. The van der Waals surface area contributed by atoms with Gasteiger partial charge >= 0.3 is 0 Å². The van der Waals surface area contributed by atoms with Crippen molar-refractivity contribution in [3.05, 3.63) is 71.9 Å². The molecule has 0 amide bonds. The highest BCUT2D eigenvalue weighted by Crippen LogP contribution is 2.41. The standard InChI is InChI=1S/C29H35N5O4/c1-20-26(35)27(36)29(38-20)34-18-24(22-5-3-2-4-6-22)25-17-33(19-30-28(25)34)31-23-9-7-21(8-10-23)11-12-32-13-15-37-16-14-32/h2-10,18-20,26-27,29,31,35-36H,11-17H2,1H3/t20-,26-,27-,29-/m1/s1. The maximum absolute atomic E-state index is 10.7. The number of hydrazine groups is 1. The highest BCUT2D eigenvalue weighted by atomic mass is 16.6. The molecule has 1 aromatic heterocycles. The molecule has 6 rings (SSSR count). The van der Waals surface area contributed by atoms with Crippen LogP contribution in [0.2, 0.25) is 0 Å². The Balaban J connectivity index is 1.19. The van der Waals surface area contributed by atoms with Gasteiger partial charge in [-0.3, -0.25) is 15.3 Å². The molecule has 38 heavy (non-hydrogen) atoms. The monoisotopic (exact) mass is 517 g/mol. The summed E-state index contributed by atoms with van der Waals surface area (Å²) < 4.78 is 13.2. The van der Waals surface area contributed by atoms with Crippen molar-refractivity contribution < 1.29 is 19.7 Å². The second-order valence-corrected chi connectivity index (χ2v) is 10.2. The average Bonchev–Trinajstić information content (AvgIpc) is 3.45. The molecule has 0 unspecified atom stereocenters. The molecule has 2 aromatic carbocycles. The van der Waals surface area contributed by atoms with Crippen LogP contribution in [-0.4, -0.2) is 82.2 Å². The van der Waals surface area contributed by atoms with Crippen LogP contribution < -0.4 is 5.43 Å². The zero-order valence-corrected chi connectivity index (χ0v) is 21.6. The van der Waals surface area contributed by atoms with Crippen molar-refractivity contribution in [3.8, 4) is 11.1 Å². The number of benzene rings is 2. The zero-order valence-electron chi connectivity index (χ0n) is 21.6. The fourth-order valence-electron chi connectivity index (χ4n) is 5.40. The zero-order chi connectivity index (χ0) is 26.1. The van der Waals surface area contributed by atoms with Gasteiger partial charge in [-0.15, -0.1) is 0 Å². The van der Waals surface area contributed by atoms with Crippen molar-refractivity contribution in [2.75, 3.05) is 38.3 Å². The van der Waals surface area contributed by atoms with E-state index in [-0.39, 0.29) is 0 Å². The molecular formula is C29H35N5O4. The Labute approximate surface area is 222 Å². The molecule has 2 saturated heterocycles. The molecule has 3 aromatic rings. The Bertz CT molecular complexity index is 1260. The topological polar surface area (TPSA) is 94.7 Å². The van der Waals surface area contributed by atoms with Crippen LogP contribution in [0.1, 0.15) is 24.3 Å². The van der Waals surface area contributed by atoms with E-state index in [1.807, 2.05) is 34.0 Å². The summed E-state index contributed by atoms with van der Waals surface area (Å²) in [6.45, 7) is 7.06. The number of ether oxygens (including phenoxy) is 2. The second kappa shape index (κ2) is 10.9. The minimum absolute atomic E-state index is 0.462. The maximum atomic E-state index is 10.7. The summed E-state index contributed by atoms with van der Waals surface area (Å²) >= 11 is 0. The van der Waals surface area contributed by atoms with Crippen LogP contribution in [0.5, 0.6) is 0 Å². The van der Waals surface area contributed by atoms with Gasteiger partial charge in [-0.05, 0) is 36.6 Å². The number of nitrogens with one attached hydrogen (secondary N) is 1. The average molecular weight is 518 g/mol. The fourth-order valence-corrected chi connectivity index (χ4v) is 5.40. The molecule has 0 bridgehead atoms. The van der Waals surface area contributed by atoms with E-state index in [1.54, 1.807) is 13.3 Å². The van der Waals surface area contributed by atoms with Gasteiger partial charge < -0.3 is 24.3 Å². The molecule has 2 fully saturated rings. The van der Waals surface area contributed by atoms with Crippen LogP contribution in [0.4, 0.5) is 11.5 Å². The number of morpholine rings is 1. The lowest BCUT2D eigenvalue weighted by Crippen LogP contribution is -2.37. The van der Waals surface area contributed by atoms with E-state index in [0.29, 0.717) is 6.54 Å². The number of hydrogen-bond acceptors (Lipinski definition) is 8. The van der Waals surface area contributed by atoms with Gasteiger partial charge in [-0.25, -0.2) is 4.99 Å². The van der Waals surface area contributed by atoms with Gasteiger partial charge in [0.05, 0.1) is 31.5 Å². The van der Waals surface area contributed by atoms with E-state index in [1.165, 1.54) is 5.56 Å². The SMILES string of the molecule is C[C@H]1O[C@@H](n2cc(-c3ccccc3)c3c2N=CN(Nc2ccc(CCN4CCOCC4)cc2)C3)[C@H](O)[C@@H]1O. The quantitative estimate of drug-likeness (QED) is 0.443. The van der Waals surface area contributed by atoms with E-state index in [9.17, 15) is 10.2 Å². The Morgan fingerprint density at radius 2 is 1.76 bits per heavy atom. The summed E-state index contributed by atoms with van der Waals surface area (Å²) in [5, 5.41) is 22.9. The summed E-state index contributed by atoms with van der Waals surface area (Å²) in [6, 6.07) is 18.7. The van der Waals surface area contributed by atoms with Crippen LogP contribution >= 0.6 is 0 Å². The van der Waals surface area contributed by atoms with Crippen LogP contribution in [-0.2, 0) is 22.4 Å². The molecule has 4 heterocycles. The van der Waals surface area contributed by atoms with Crippen molar-refractivity contribution in [1.82, 2.24) is 14.5 Å². The number of aliphatic hydroxyl groups is 2. The van der Waals surface area contributed by atoms with Gasteiger partial charge in [0, 0.05) is 37.0 Å². The van der Waals surface area contributed by atoms with Crippen LogP contribution in [0.3, 0.4) is 0 Å². The number of anilines is 1. The number of rotatable bonds is 7. The van der Waals surface area contributed by atoms with Crippen molar-refractivity contribution in [1.29, 1.82) is 0 Å². The summed E-state index contributed by atoms with van der Waals surface area (Å²) in [6.07, 6.45) is 1.62. The van der Waals surface area contributed by atoms with Gasteiger partial charge in [0.15, 0.2) is 6.23 Å². The molecule has 3 N–H and O–H groups in total. The van der Waals surface area contributed by atoms with E-state index in [4.69, 9.17) is 14.5 Å². The molecule has 3 aliphatic heterocycles. The van der Waals surface area contributed by atoms with Gasteiger partial charge in [0.1, 0.15) is 24.4 Å². The lowest BCUT2D eigenvalue weighted by molar-refractivity contribution is -0.0308. The first kappa shape index (κ1) is 25.1. The van der Waals surface area contributed by atoms with E-state index >= 15 is 0 Å². The normalized spacial score (nSPS) is 25.5. The summed E-state index contributed by atoms with van der Waals surface area (Å²) in [7, 11) is 0. The molecule has 9 heteroatoms. The van der Waals surface area contributed by atoms with E-state index in [0.717, 1.165) is 67.5 Å². The minimum atomic E-state index is -1.03. The van der Waals surface area contributed by atoms with Crippen molar-refractivity contribution in [3.63, 3.8) is 0 Å². The Morgan fingerprint density at radius 3 is 2.47 bits per heavy atom. The Morgan fingerprint density at radius 1 is 1.00 bits per heavy atom. The third kappa shape index (κ3) is 5.08. The predicted molar refractivity (Wildman–Crippen MR) is 146 cm³/mol. The first-order chi connectivity index (χ1) is 18.6.